The third-order valence-electron chi connectivity index (χ3n) is 2.37. The highest BCUT2D eigenvalue weighted by Gasteiger charge is 2.18. The topological polar surface area (TPSA) is 38.3 Å². The second kappa shape index (κ2) is 8.27. The van der Waals surface area contributed by atoms with E-state index >= 15 is 0 Å². The summed E-state index contributed by atoms with van der Waals surface area (Å²) in [6, 6.07) is 6.99. The van der Waals surface area contributed by atoms with Gasteiger partial charge in [-0.3, -0.25) is 0 Å². The molecule has 0 bridgehead atoms. The smallest absolute Gasteiger partial charge is 0.328 e. The molecule has 1 aromatic rings. The number of carbonyl (C=O) groups excluding carboxylic acids is 1. The molecule has 0 aliphatic rings. The molecule has 100 valence electrons. The van der Waals surface area contributed by atoms with Crippen molar-refractivity contribution < 1.29 is 9.53 Å². The number of hydrogen-bond acceptors (Lipinski definition) is 4. The van der Waals surface area contributed by atoms with Crippen LogP contribution in [0.25, 0.3) is 0 Å². The van der Waals surface area contributed by atoms with Crippen LogP contribution in [0.15, 0.2) is 24.3 Å². The fourth-order valence-electron chi connectivity index (χ4n) is 1.47. The standard InChI is InChI=1S/C13H18ClNO2S/c1-3-17-13(16)12(8-9-18-2)15-11-6-4-10(14)5-7-11/h4-7,12,15H,3,8-9H2,1-2H3. The minimum absolute atomic E-state index is 0.207. The van der Waals surface area contributed by atoms with Crippen LogP contribution in [0.3, 0.4) is 0 Å². The Balaban J connectivity index is 2.64. The van der Waals surface area contributed by atoms with Crippen LogP contribution in [0.1, 0.15) is 13.3 Å². The molecule has 0 saturated heterocycles. The van der Waals surface area contributed by atoms with E-state index in [0.29, 0.717) is 11.6 Å². The van der Waals surface area contributed by atoms with Gasteiger partial charge in [0.1, 0.15) is 6.04 Å². The number of anilines is 1. The predicted octanol–water partition coefficient (Wildman–Crippen LogP) is 3.44. The van der Waals surface area contributed by atoms with E-state index in [1.807, 2.05) is 25.3 Å². The number of rotatable bonds is 7. The fraction of sp³-hybridized carbons (Fsp3) is 0.462. The summed E-state index contributed by atoms with van der Waals surface area (Å²) in [4.78, 5) is 11.8. The van der Waals surface area contributed by atoms with Crippen molar-refractivity contribution in [1.82, 2.24) is 0 Å². The number of hydrogen-bond donors (Lipinski definition) is 1. The number of benzene rings is 1. The second-order valence-electron chi connectivity index (χ2n) is 3.74. The Morgan fingerprint density at radius 1 is 1.44 bits per heavy atom. The Morgan fingerprint density at radius 3 is 2.67 bits per heavy atom. The molecule has 1 aromatic carbocycles. The van der Waals surface area contributed by atoms with E-state index in [2.05, 4.69) is 5.32 Å². The van der Waals surface area contributed by atoms with Crippen LogP contribution in [0, 0.1) is 0 Å². The number of thioether (sulfide) groups is 1. The van der Waals surface area contributed by atoms with Crippen LogP contribution in [-0.4, -0.2) is 30.6 Å². The zero-order valence-electron chi connectivity index (χ0n) is 10.6. The SMILES string of the molecule is CCOC(=O)C(CCSC)Nc1ccc(Cl)cc1. The molecule has 0 spiro atoms. The molecular weight excluding hydrogens is 270 g/mol. The van der Waals surface area contributed by atoms with Crippen molar-refractivity contribution in [2.24, 2.45) is 0 Å². The van der Waals surface area contributed by atoms with Gasteiger partial charge in [0.15, 0.2) is 0 Å². The molecule has 0 aromatic heterocycles. The summed E-state index contributed by atoms with van der Waals surface area (Å²) in [7, 11) is 0. The van der Waals surface area contributed by atoms with Crippen LogP contribution in [0.5, 0.6) is 0 Å². The molecule has 1 rings (SSSR count). The second-order valence-corrected chi connectivity index (χ2v) is 5.16. The zero-order chi connectivity index (χ0) is 13.4. The van der Waals surface area contributed by atoms with Gasteiger partial charge in [-0.1, -0.05) is 11.6 Å². The molecule has 0 amide bonds. The molecule has 0 aliphatic heterocycles. The molecule has 0 heterocycles. The van der Waals surface area contributed by atoms with Crippen molar-refractivity contribution >= 4 is 35.0 Å². The van der Waals surface area contributed by atoms with E-state index < -0.39 is 0 Å². The Hall–Kier alpha value is -0.870. The monoisotopic (exact) mass is 287 g/mol. The van der Waals surface area contributed by atoms with Crippen LogP contribution in [0.2, 0.25) is 5.02 Å². The molecule has 0 aliphatic carbocycles. The van der Waals surface area contributed by atoms with Gasteiger partial charge in [-0.05, 0) is 49.6 Å². The van der Waals surface area contributed by atoms with Crippen LogP contribution in [-0.2, 0) is 9.53 Å². The molecule has 0 radical (unpaired) electrons. The van der Waals surface area contributed by atoms with Crippen LogP contribution >= 0.6 is 23.4 Å². The summed E-state index contributed by atoms with van der Waals surface area (Å²) in [6.45, 7) is 2.21. The molecule has 18 heavy (non-hydrogen) atoms. The zero-order valence-corrected chi connectivity index (χ0v) is 12.2. The highest BCUT2D eigenvalue weighted by atomic mass is 35.5. The largest absolute Gasteiger partial charge is 0.464 e. The van der Waals surface area contributed by atoms with Gasteiger partial charge < -0.3 is 10.1 Å². The third kappa shape index (κ3) is 5.19. The average molecular weight is 288 g/mol. The number of nitrogens with one attached hydrogen (secondary N) is 1. The first-order valence-corrected chi connectivity index (χ1v) is 7.62. The quantitative estimate of drug-likeness (QED) is 0.780. The van der Waals surface area contributed by atoms with E-state index in [1.54, 1.807) is 23.9 Å². The lowest BCUT2D eigenvalue weighted by molar-refractivity contribution is -0.144. The lowest BCUT2D eigenvalue weighted by Gasteiger charge is -2.18. The Morgan fingerprint density at radius 2 is 2.11 bits per heavy atom. The lowest BCUT2D eigenvalue weighted by atomic mass is 10.2. The van der Waals surface area contributed by atoms with Crippen molar-refractivity contribution in [2.75, 3.05) is 23.9 Å². The van der Waals surface area contributed by atoms with Crippen molar-refractivity contribution in [3.8, 4) is 0 Å². The number of esters is 1. The summed E-state index contributed by atoms with van der Waals surface area (Å²) >= 11 is 7.53. The molecule has 1 unspecified atom stereocenters. The molecule has 5 heteroatoms. The van der Waals surface area contributed by atoms with Gasteiger partial charge in [0.05, 0.1) is 6.61 Å². The molecule has 1 N–H and O–H groups in total. The number of carbonyl (C=O) groups is 1. The first-order chi connectivity index (χ1) is 8.67. The van der Waals surface area contributed by atoms with Gasteiger partial charge in [0.25, 0.3) is 0 Å². The summed E-state index contributed by atoms with van der Waals surface area (Å²) in [5, 5.41) is 3.86. The normalized spacial score (nSPS) is 11.9. The highest BCUT2D eigenvalue weighted by Crippen LogP contribution is 2.16. The maximum Gasteiger partial charge on any atom is 0.328 e. The Labute approximate surface area is 117 Å². The molecule has 1 atom stereocenters. The van der Waals surface area contributed by atoms with E-state index in [0.717, 1.165) is 17.9 Å². The first-order valence-electron chi connectivity index (χ1n) is 5.85. The van der Waals surface area contributed by atoms with E-state index in [-0.39, 0.29) is 12.0 Å². The molecule has 3 nitrogen and oxygen atoms in total. The number of ether oxygens (including phenoxy) is 1. The van der Waals surface area contributed by atoms with E-state index in [4.69, 9.17) is 16.3 Å². The molecule has 0 fully saturated rings. The average Bonchev–Trinajstić information content (AvgIpc) is 2.37. The van der Waals surface area contributed by atoms with E-state index in [1.165, 1.54) is 0 Å². The molecular formula is C13H18ClNO2S. The first kappa shape index (κ1) is 15.2. The lowest BCUT2D eigenvalue weighted by Crippen LogP contribution is -2.32. The van der Waals surface area contributed by atoms with Gasteiger partial charge in [-0.2, -0.15) is 11.8 Å². The van der Waals surface area contributed by atoms with Crippen molar-refractivity contribution in [3.05, 3.63) is 29.3 Å². The molecule has 0 saturated carbocycles. The van der Waals surface area contributed by atoms with Crippen molar-refractivity contribution in [1.29, 1.82) is 0 Å². The summed E-state index contributed by atoms with van der Waals surface area (Å²) in [6.07, 6.45) is 2.76. The Bertz CT molecular complexity index is 370. The van der Waals surface area contributed by atoms with Gasteiger partial charge >= 0.3 is 5.97 Å². The van der Waals surface area contributed by atoms with Crippen LogP contribution in [0.4, 0.5) is 5.69 Å². The third-order valence-corrected chi connectivity index (χ3v) is 3.26. The van der Waals surface area contributed by atoms with E-state index in [9.17, 15) is 4.79 Å². The maximum atomic E-state index is 11.8. The van der Waals surface area contributed by atoms with Gasteiger partial charge in [-0.25, -0.2) is 4.79 Å². The Kier molecular flexibility index (Phi) is 6.98. The minimum Gasteiger partial charge on any atom is -0.464 e. The van der Waals surface area contributed by atoms with Gasteiger partial charge in [0.2, 0.25) is 0 Å². The minimum atomic E-state index is -0.307. The van der Waals surface area contributed by atoms with Crippen molar-refractivity contribution in [2.45, 2.75) is 19.4 Å². The summed E-state index contributed by atoms with van der Waals surface area (Å²) in [5.74, 6) is 0.700. The summed E-state index contributed by atoms with van der Waals surface area (Å²) in [5.41, 5.74) is 0.874. The number of halogens is 1. The van der Waals surface area contributed by atoms with Crippen LogP contribution < -0.4 is 5.32 Å². The summed E-state index contributed by atoms with van der Waals surface area (Å²) < 4.78 is 5.06. The van der Waals surface area contributed by atoms with Gasteiger partial charge in [-0.15, -0.1) is 0 Å². The van der Waals surface area contributed by atoms with Gasteiger partial charge in [0, 0.05) is 10.7 Å². The van der Waals surface area contributed by atoms with Crippen molar-refractivity contribution in [3.63, 3.8) is 0 Å². The highest BCUT2D eigenvalue weighted by molar-refractivity contribution is 7.98. The maximum absolute atomic E-state index is 11.8. The fourth-order valence-corrected chi connectivity index (χ4v) is 2.07. The predicted molar refractivity (Wildman–Crippen MR) is 78.5 cm³/mol.